The van der Waals surface area contributed by atoms with Crippen LogP contribution in [0.3, 0.4) is 0 Å². The van der Waals surface area contributed by atoms with E-state index in [1.807, 2.05) is 0 Å². The van der Waals surface area contributed by atoms with Gasteiger partial charge in [0.25, 0.3) is 0 Å². The molecule has 0 bridgehead atoms. The van der Waals surface area contributed by atoms with Crippen molar-refractivity contribution in [3.63, 3.8) is 0 Å². The van der Waals surface area contributed by atoms with Gasteiger partial charge >= 0.3 is 0 Å². The van der Waals surface area contributed by atoms with Gasteiger partial charge in [-0.2, -0.15) is 0 Å². The highest BCUT2D eigenvalue weighted by Gasteiger charge is 2.20. The van der Waals surface area contributed by atoms with Gasteiger partial charge in [0.2, 0.25) is 5.91 Å². The molecule has 2 atom stereocenters. The van der Waals surface area contributed by atoms with Crippen molar-refractivity contribution in [2.75, 3.05) is 6.61 Å². The number of carbonyl (C=O) groups is 1. The van der Waals surface area contributed by atoms with Crippen LogP contribution in [-0.4, -0.2) is 34.9 Å². The smallest absolute Gasteiger partial charge is 0.220 e. The van der Waals surface area contributed by atoms with E-state index >= 15 is 0 Å². The van der Waals surface area contributed by atoms with E-state index in [9.17, 15) is 15.0 Å². The second kappa shape index (κ2) is 72.6. The second-order valence-corrected chi connectivity index (χ2v) is 26.8. The number of rotatable bonds is 73. The average molecular weight is 1130 g/mol. The van der Waals surface area contributed by atoms with Crippen molar-refractivity contribution < 1.29 is 15.0 Å². The van der Waals surface area contributed by atoms with Crippen LogP contribution in [0.15, 0.2) is 0 Å². The van der Waals surface area contributed by atoms with Crippen LogP contribution in [0, 0.1) is 0 Å². The maximum Gasteiger partial charge on any atom is 0.220 e. The fourth-order valence-corrected chi connectivity index (χ4v) is 12.8. The summed E-state index contributed by atoms with van der Waals surface area (Å²) in [4.78, 5) is 12.6. The molecule has 0 aliphatic carbocycles. The summed E-state index contributed by atoms with van der Waals surface area (Å²) < 4.78 is 0. The molecule has 480 valence electrons. The Labute approximate surface area is 505 Å². The van der Waals surface area contributed by atoms with Crippen molar-refractivity contribution >= 4 is 5.91 Å². The predicted molar refractivity (Wildman–Crippen MR) is 360 cm³/mol. The zero-order valence-corrected chi connectivity index (χ0v) is 55.7. The van der Waals surface area contributed by atoms with E-state index < -0.39 is 12.1 Å². The standard InChI is InChI=1S/C76H153NO3/c1-3-5-7-9-11-13-15-17-19-21-23-25-27-29-31-32-33-34-35-36-37-38-39-40-41-42-43-44-46-48-50-52-54-56-58-60-62-64-66-68-70-72-76(80)77-74(73-78)75(79)71-69-67-65-63-61-59-57-55-53-51-49-47-45-30-28-26-24-22-20-18-16-14-12-10-8-6-4-2/h74-75,78-79H,3-73H2,1-2H3,(H,77,80). The van der Waals surface area contributed by atoms with E-state index in [2.05, 4.69) is 19.2 Å². The molecule has 0 fully saturated rings. The Kier molecular flexibility index (Phi) is 72.1. The van der Waals surface area contributed by atoms with Crippen LogP contribution in [0.2, 0.25) is 0 Å². The van der Waals surface area contributed by atoms with Gasteiger partial charge in [-0.15, -0.1) is 0 Å². The van der Waals surface area contributed by atoms with Crippen LogP contribution in [0.1, 0.15) is 463 Å². The van der Waals surface area contributed by atoms with E-state index in [0.29, 0.717) is 12.8 Å². The molecule has 0 radical (unpaired) electrons. The molecule has 0 rings (SSSR count). The quantitative estimate of drug-likeness (QED) is 0.0532. The molecular weight excluding hydrogens is 975 g/mol. The zero-order chi connectivity index (χ0) is 57.6. The summed E-state index contributed by atoms with van der Waals surface area (Å²) >= 11 is 0. The lowest BCUT2D eigenvalue weighted by atomic mass is 10.0. The molecule has 0 saturated heterocycles. The fourth-order valence-electron chi connectivity index (χ4n) is 12.8. The minimum absolute atomic E-state index is 0.0184. The number of aliphatic hydroxyl groups excluding tert-OH is 2. The van der Waals surface area contributed by atoms with Gasteiger partial charge < -0.3 is 15.5 Å². The summed E-state index contributed by atoms with van der Waals surface area (Å²) in [6.45, 7) is 4.42. The van der Waals surface area contributed by atoms with Crippen molar-refractivity contribution in [1.82, 2.24) is 5.32 Å². The van der Waals surface area contributed by atoms with E-state index in [-0.39, 0.29) is 12.5 Å². The molecule has 0 aliphatic heterocycles. The van der Waals surface area contributed by atoms with Gasteiger partial charge in [-0.05, 0) is 12.8 Å². The highest BCUT2D eigenvalue weighted by atomic mass is 16.3. The summed E-state index contributed by atoms with van der Waals surface area (Å²) in [5.74, 6) is -0.0184. The highest BCUT2D eigenvalue weighted by Crippen LogP contribution is 2.21. The van der Waals surface area contributed by atoms with Gasteiger partial charge in [0.15, 0.2) is 0 Å². The van der Waals surface area contributed by atoms with Gasteiger partial charge in [-0.1, -0.05) is 444 Å². The Morgan fingerprint density at radius 3 is 0.562 bits per heavy atom. The number of aliphatic hydroxyl groups is 2. The molecule has 0 aromatic carbocycles. The van der Waals surface area contributed by atoms with Crippen molar-refractivity contribution in [2.24, 2.45) is 0 Å². The Morgan fingerprint density at radius 1 is 0.250 bits per heavy atom. The fraction of sp³-hybridized carbons (Fsp3) is 0.987. The third-order valence-corrected chi connectivity index (χ3v) is 18.6. The Bertz CT molecular complexity index is 1100. The van der Waals surface area contributed by atoms with Crippen LogP contribution in [-0.2, 0) is 4.79 Å². The summed E-state index contributed by atoms with van der Waals surface area (Å²) in [5, 5.41) is 23.5. The highest BCUT2D eigenvalue weighted by molar-refractivity contribution is 5.76. The van der Waals surface area contributed by atoms with E-state index in [0.717, 1.165) is 25.7 Å². The second-order valence-electron chi connectivity index (χ2n) is 26.8. The van der Waals surface area contributed by atoms with E-state index in [4.69, 9.17) is 0 Å². The van der Waals surface area contributed by atoms with Crippen molar-refractivity contribution in [3.05, 3.63) is 0 Å². The van der Waals surface area contributed by atoms with Gasteiger partial charge in [0.05, 0.1) is 18.8 Å². The minimum atomic E-state index is -0.657. The first-order chi connectivity index (χ1) is 39.7. The first-order valence-electron chi connectivity index (χ1n) is 38.2. The number of unbranched alkanes of at least 4 members (excludes halogenated alkanes) is 66. The summed E-state index contributed by atoms with van der Waals surface area (Å²) in [7, 11) is 0. The predicted octanol–water partition coefficient (Wildman–Crippen LogP) is 26.2. The molecule has 0 aliphatic rings. The maximum absolute atomic E-state index is 12.6. The maximum atomic E-state index is 12.6. The molecule has 4 heteroatoms. The third kappa shape index (κ3) is 68.2. The largest absolute Gasteiger partial charge is 0.394 e. The van der Waals surface area contributed by atoms with Crippen molar-refractivity contribution in [3.8, 4) is 0 Å². The van der Waals surface area contributed by atoms with Gasteiger partial charge in [0.1, 0.15) is 0 Å². The molecule has 4 nitrogen and oxygen atoms in total. The zero-order valence-electron chi connectivity index (χ0n) is 55.7. The molecule has 2 unspecified atom stereocenters. The van der Waals surface area contributed by atoms with Gasteiger partial charge in [-0.3, -0.25) is 4.79 Å². The first-order valence-corrected chi connectivity index (χ1v) is 38.2. The third-order valence-electron chi connectivity index (χ3n) is 18.6. The molecular formula is C76H153NO3. The Hall–Kier alpha value is -0.610. The monoisotopic (exact) mass is 1130 g/mol. The summed E-state index contributed by atoms with van der Waals surface area (Å²) in [5.41, 5.74) is 0. The molecule has 0 aromatic rings. The Balaban J connectivity index is 3.32. The van der Waals surface area contributed by atoms with E-state index in [1.54, 1.807) is 0 Å². The molecule has 0 aromatic heterocycles. The van der Waals surface area contributed by atoms with Crippen LogP contribution in [0.5, 0.6) is 0 Å². The first kappa shape index (κ1) is 79.4. The lowest BCUT2D eigenvalue weighted by Gasteiger charge is -2.22. The molecule has 0 heterocycles. The Morgan fingerprint density at radius 2 is 0.400 bits per heavy atom. The summed E-state index contributed by atoms with van der Waals surface area (Å²) in [6, 6.07) is -0.533. The topological polar surface area (TPSA) is 69.6 Å². The average Bonchev–Trinajstić information content (AvgIpc) is 3.46. The van der Waals surface area contributed by atoms with E-state index in [1.165, 1.54) is 411 Å². The number of hydrogen-bond donors (Lipinski definition) is 3. The number of nitrogens with one attached hydrogen (secondary N) is 1. The molecule has 0 saturated carbocycles. The minimum Gasteiger partial charge on any atom is -0.394 e. The molecule has 0 spiro atoms. The van der Waals surface area contributed by atoms with Crippen molar-refractivity contribution in [2.45, 2.75) is 475 Å². The van der Waals surface area contributed by atoms with Crippen LogP contribution < -0.4 is 5.32 Å². The molecule has 1 amide bonds. The van der Waals surface area contributed by atoms with Crippen LogP contribution in [0.4, 0.5) is 0 Å². The lowest BCUT2D eigenvalue weighted by Crippen LogP contribution is -2.45. The van der Waals surface area contributed by atoms with Gasteiger partial charge in [-0.25, -0.2) is 0 Å². The molecule has 3 N–H and O–H groups in total. The number of hydrogen-bond acceptors (Lipinski definition) is 3. The van der Waals surface area contributed by atoms with Crippen LogP contribution >= 0.6 is 0 Å². The SMILES string of the molecule is CCCCCCCCCCCCCCCCCCCCCCCCCCCCCCCCCCCCCCCCCCCC(=O)NC(CO)C(O)CCCCCCCCCCCCCCCCCCCCCCCCCCCCC. The number of carbonyl (C=O) groups excluding carboxylic acids is 1. The molecule has 80 heavy (non-hydrogen) atoms. The number of amides is 1. The van der Waals surface area contributed by atoms with Gasteiger partial charge in [0, 0.05) is 6.42 Å². The lowest BCUT2D eigenvalue weighted by molar-refractivity contribution is -0.123. The normalized spacial score (nSPS) is 12.5. The van der Waals surface area contributed by atoms with Crippen molar-refractivity contribution in [1.29, 1.82) is 0 Å². The van der Waals surface area contributed by atoms with Crippen LogP contribution in [0.25, 0.3) is 0 Å². The summed E-state index contributed by atoms with van der Waals surface area (Å²) in [6.07, 6.45) is 96.4.